The molecular weight excluding hydrogens is 220 g/mol. The second-order valence-electron chi connectivity index (χ2n) is 3.44. The molecule has 0 atom stereocenters. The van der Waals surface area contributed by atoms with Crippen molar-refractivity contribution in [2.45, 2.75) is 0 Å². The van der Waals surface area contributed by atoms with E-state index in [4.69, 9.17) is 4.42 Å². The number of aromatic nitrogens is 2. The average molecular weight is 228 g/mol. The van der Waals surface area contributed by atoms with Gasteiger partial charge in [0.2, 0.25) is 0 Å². The van der Waals surface area contributed by atoms with Crippen molar-refractivity contribution >= 4 is 18.5 Å². The van der Waals surface area contributed by atoms with Gasteiger partial charge in [0.1, 0.15) is 0 Å². The molecule has 2 aromatic heterocycles. The number of hydrogen-bond acceptors (Lipinski definition) is 4. The van der Waals surface area contributed by atoms with E-state index in [1.54, 1.807) is 37.1 Å². The molecule has 0 saturated carbocycles. The fraction of sp³-hybridized carbons (Fsp3) is 0. The van der Waals surface area contributed by atoms with Crippen molar-refractivity contribution in [2.24, 2.45) is 9.98 Å². The van der Waals surface area contributed by atoms with Gasteiger partial charge in [-0.15, -0.1) is 0 Å². The first-order chi connectivity index (χ1) is 8.34. The van der Waals surface area contributed by atoms with Crippen molar-refractivity contribution in [1.29, 1.82) is 0 Å². The SMILES string of the molecule is O=c1[nH][nH]c(-c2ccoc2)c1C=C1N=CC=N1. The molecule has 2 N–H and O–H groups in total. The van der Waals surface area contributed by atoms with E-state index in [0.29, 0.717) is 17.1 Å². The summed E-state index contributed by atoms with van der Waals surface area (Å²) < 4.78 is 4.99. The normalized spacial score (nSPS) is 13.5. The summed E-state index contributed by atoms with van der Waals surface area (Å²) in [7, 11) is 0. The zero-order chi connectivity index (χ0) is 11.7. The number of H-pyrrole nitrogens is 2. The number of rotatable bonds is 2. The largest absolute Gasteiger partial charge is 0.472 e. The van der Waals surface area contributed by atoms with Crippen LogP contribution >= 0.6 is 0 Å². The zero-order valence-electron chi connectivity index (χ0n) is 8.68. The molecule has 84 valence electrons. The number of aliphatic imine (C=N–C) groups is 2. The molecule has 0 aromatic carbocycles. The van der Waals surface area contributed by atoms with Crippen LogP contribution in [0.4, 0.5) is 0 Å². The molecule has 0 unspecified atom stereocenters. The summed E-state index contributed by atoms with van der Waals surface area (Å²) >= 11 is 0. The first-order valence-electron chi connectivity index (χ1n) is 4.96. The van der Waals surface area contributed by atoms with Crippen molar-refractivity contribution < 1.29 is 4.42 Å². The van der Waals surface area contributed by atoms with Gasteiger partial charge in [-0.3, -0.25) is 15.0 Å². The Morgan fingerprint density at radius 1 is 1.24 bits per heavy atom. The van der Waals surface area contributed by atoms with Crippen LogP contribution in [0, 0.1) is 0 Å². The van der Waals surface area contributed by atoms with Gasteiger partial charge in [-0.2, -0.15) is 0 Å². The van der Waals surface area contributed by atoms with Crippen LogP contribution < -0.4 is 5.56 Å². The van der Waals surface area contributed by atoms with E-state index in [2.05, 4.69) is 20.2 Å². The zero-order valence-corrected chi connectivity index (χ0v) is 8.68. The predicted molar refractivity (Wildman–Crippen MR) is 64.1 cm³/mol. The van der Waals surface area contributed by atoms with Gasteiger partial charge in [0.25, 0.3) is 5.56 Å². The maximum Gasteiger partial charge on any atom is 0.271 e. The molecule has 0 radical (unpaired) electrons. The lowest BCUT2D eigenvalue weighted by molar-refractivity contribution is 0.568. The Morgan fingerprint density at radius 3 is 2.76 bits per heavy atom. The molecule has 0 bridgehead atoms. The monoisotopic (exact) mass is 228 g/mol. The molecule has 0 amide bonds. The fourth-order valence-corrected chi connectivity index (χ4v) is 1.60. The van der Waals surface area contributed by atoms with Crippen LogP contribution in [0.3, 0.4) is 0 Å². The van der Waals surface area contributed by atoms with Crippen LogP contribution in [0.15, 0.2) is 43.6 Å². The Bertz CT molecular complexity index is 657. The third kappa shape index (κ3) is 1.65. The molecule has 0 fully saturated rings. The van der Waals surface area contributed by atoms with Crippen LogP contribution in [0.25, 0.3) is 17.3 Å². The van der Waals surface area contributed by atoms with Gasteiger partial charge in [0.05, 0.1) is 23.8 Å². The number of nitrogens with zero attached hydrogens (tertiary/aromatic N) is 2. The van der Waals surface area contributed by atoms with Gasteiger partial charge in [-0.25, -0.2) is 9.98 Å². The van der Waals surface area contributed by atoms with E-state index in [1.165, 1.54) is 0 Å². The second-order valence-corrected chi connectivity index (χ2v) is 3.44. The lowest BCUT2D eigenvalue weighted by Gasteiger charge is -1.93. The molecule has 3 rings (SSSR count). The van der Waals surface area contributed by atoms with Gasteiger partial charge in [-0.1, -0.05) is 0 Å². The number of nitrogens with one attached hydrogen (secondary N) is 2. The van der Waals surface area contributed by atoms with Gasteiger partial charge in [0, 0.05) is 18.0 Å². The summed E-state index contributed by atoms with van der Waals surface area (Å²) in [4.78, 5) is 19.7. The Balaban J connectivity index is 2.13. The number of furan rings is 1. The first-order valence-corrected chi connectivity index (χ1v) is 4.96. The summed E-state index contributed by atoms with van der Waals surface area (Å²) in [5, 5.41) is 5.33. The minimum Gasteiger partial charge on any atom is -0.472 e. The van der Waals surface area contributed by atoms with Crippen LogP contribution in [0.5, 0.6) is 0 Å². The predicted octanol–water partition coefficient (Wildman–Crippen LogP) is 1.42. The third-order valence-corrected chi connectivity index (χ3v) is 2.38. The Hall–Kier alpha value is -2.63. The molecular formula is C11H8N4O2. The van der Waals surface area contributed by atoms with Crippen molar-refractivity contribution in [2.75, 3.05) is 0 Å². The lowest BCUT2D eigenvalue weighted by Crippen LogP contribution is -2.01. The molecule has 3 heterocycles. The van der Waals surface area contributed by atoms with E-state index in [-0.39, 0.29) is 5.56 Å². The molecule has 17 heavy (non-hydrogen) atoms. The van der Waals surface area contributed by atoms with Crippen LogP contribution in [0.1, 0.15) is 5.56 Å². The summed E-state index contributed by atoms with van der Waals surface area (Å²) in [6.07, 6.45) is 7.87. The Labute approximate surface area is 95.4 Å². The Kier molecular flexibility index (Phi) is 2.11. The second kappa shape index (κ2) is 3.75. The molecule has 6 heteroatoms. The molecule has 0 aliphatic carbocycles. The highest BCUT2D eigenvalue weighted by atomic mass is 16.3. The van der Waals surface area contributed by atoms with Crippen LogP contribution in [-0.2, 0) is 0 Å². The Morgan fingerprint density at radius 2 is 2.06 bits per heavy atom. The maximum atomic E-state index is 11.7. The molecule has 2 aromatic rings. The van der Waals surface area contributed by atoms with Gasteiger partial charge in [-0.05, 0) is 12.1 Å². The molecule has 6 nitrogen and oxygen atoms in total. The van der Waals surface area contributed by atoms with E-state index < -0.39 is 0 Å². The smallest absolute Gasteiger partial charge is 0.271 e. The van der Waals surface area contributed by atoms with Crippen molar-refractivity contribution in [3.05, 3.63) is 40.3 Å². The summed E-state index contributed by atoms with van der Waals surface area (Å²) in [5.74, 6) is 0.500. The summed E-state index contributed by atoms with van der Waals surface area (Å²) in [5.41, 5.74) is 1.72. The lowest BCUT2D eigenvalue weighted by atomic mass is 10.1. The quantitative estimate of drug-likeness (QED) is 0.814. The number of aromatic amines is 2. The van der Waals surface area contributed by atoms with Crippen molar-refractivity contribution in [3.8, 4) is 11.3 Å². The molecule has 0 spiro atoms. The van der Waals surface area contributed by atoms with Crippen LogP contribution in [0.2, 0.25) is 0 Å². The maximum absolute atomic E-state index is 11.7. The van der Waals surface area contributed by atoms with E-state index in [9.17, 15) is 4.79 Å². The van der Waals surface area contributed by atoms with E-state index in [1.807, 2.05) is 0 Å². The first kappa shape index (κ1) is 9.59. The minimum atomic E-state index is -0.217. The fourth-order valence-electron chi connectivity index (χ4n) is 1.60. The van der Waals surface area contributed by atoms with Crippen molar-refractivity contribution in [3.63, 3.8) is 0 Å². The molecule has 0 saturated heterocycles. The third-order valence-electron chi connectivity index (χ3n) is 2.38. The van der Waals surface area contributed by atoms with Gasteiger partial charge in [0.15, 0.2) is 5.82 Å². The number of hydrogen-bond donors (Lipinski definition) is 2. The highest BCUT2D eigenvalue weighted by Crippen LogP contribution is 2.21. The standard InChI is InChI=1S/C11H8N4O2/c16-11-8(5-9-12-2-3-13-9)10(14-15-11)7-1-4-17-6-7/h1-6H,(H2,14,15,16). The van der Waals surface area contributed by atoms with Gasteiger partial charge < -0.3 is 4.42 Å². The summed E-state index contributed by atoms with van der Waals surface area (Å²) in [6.45, 7) is 0. The molecule has 1 aliphatic rings. The van der Waals surface area contributed by atoms with Crippen LogP contribution in [-0.4, -0.2) is 22.6 Å². The topological polar surface area (TPSA) is 86.5 Å². The highest BCUT2D eigenvalue weighted by molar-refractivity contribution is 6.18. The van der Waals surface area contributed by atoms with Crippen molar-refractivity contribution in [1.82, 2.24) is 10.2 Å². The minimum absolute atomic E-state index is 0.217. The summed E-state index contributed by atoms with van der Waals surface area (Å²) in [6, 6.07) is 1.77. The van der Waals surface area contributed by atoms with E-state index in [0.717, 1.165) is 5.56 Å². The molecule has 1 aliphatic heterocycles. The van der Waals surface area contributed by atoms with Gasteiger partial charge >= 0.3 is 0 Å². The van der Waals surface area contributed by atoms with E-state index >= 15 is 0 Å². The average Bonchev–Trinajstić information content (AvgIpc) is 3.03. The highest BCUT2D eigenvalue weighted by Gasteiger charge is 2.11.